The normalized spacial score (nSPS) is 17.4. The number of aromatic nitrogens is 4. The van der Waals surface area contributed by atoms with E-state index in [2.05, 4.69) is 15.1 Å². The standard InChI is InChI=1S/C19H24N6O5S2/c1-4-13-11(10-20-25(13)32(29,30)23(2)3)15-9-12-16(31-15)18(26)22-17(21-12)14-7-5-6-8-24(14)19(27)28/h9-10,14H,4-8H2,1-3H3,(H,27,28)(H,21,22,26)/t14-/m0/s1. The second kappa shape index (κ2) is 8.30. The van der Waals surface area contributed by atoms with Gasteiger partial charge in [0.1, 0.15) is 10.5 Å². The third-order valence-corrected chi connectivity index (χ3v) is 8.41. The maximum absolute atomic E-state index is 12.8. The number of carbonyl (C=O) groups is 1. The van der Waals surface area contributed by atoms with Crippen molar-refractivity contribution in [2.75, 3.05) is 20.6 Å². The van der Waals surface area contributed by atoms with E-state index in [1.807, 2.05) is 6.92 Å². The van der Waals surface area contributed by atoms with Gasteiger partial charge < -0.3 is 10.1 Å². The summed E-state index contributed by atoms with van der Waals surface area (Å²) in [5.41, 5.74) is 1.23. The molecule has 1 fully saturated rings. The van der Waals surface area contributed by atoms with E-state index in [1.165, 1.54) is 36.5 Å². The average Bonchev–Trinajstić information content (AvgIpc) is 3.37. The summed E-state index contributed by atoms with van der Waals surface area (Å²) in [7, 11) is -0.908. The van der Waals surface area contributed by atoms with Gasteiger partial charge in [-0.1, -0.05) is 6.92 Å². The zero-order chi connectivity index (χ0) is 23.2. The van der Waals surface area contributed by atoms with Gasteiger partial charge in [0.25, 0.3) is 5.56 Å². The lowest BCUT2D eigenvalue weighted by Gasteiger charge is -2.32. The van der Waals surface area contributed by atoms with Crippen LogP contribution in [0.5, 0.6) is 0 Å². The van der Waals surface area contributed by atoms with Crippen LogP contribution in [-0.4, -0.2) is 68.6 Å². The molecule has 1 atom stereocenters. The molecule has 11 nitrogen and oxygen atoms in total. The smallest absolute Gasteiger partial charge is 0.407 e. The zero-order valence-electron chi connectivity index (χ0n) is 17.9. The molecule has 0 saturated carbocycles. The van der Waals surface area contributed by atoms with Crippen LogP contribution in [0.25, 0.3) is 20.7 Å². The Morgan fingerprint density at radius 3 is 2.78 bits per heavy atom. The molecule has 0 bridgehead atoms. The highest BCUT2D eigenvalue weighted by molar-refractivity contribution is 7.87. The van der Waals surface area contributed by atoms with Crippen LogP contribution in [0.4, 0.5) is 4.79 Å². The molecule has 0 unspecified atom stereocenters. The summed E-state index contributed by atoms with van der Waals surface area (Å²) in [5.74, 6) is 0.329. The van der Waals surface area contributed by atoms with Crippen LogP contribution in [0.2, 0.25) is 0 Å². The van der Waals surface area contributed by atoms with E-state index < -0.39 is 22.3 Å². The lowest BCUT2D eigenvalue weighted by molar-refractivity contribution is 0.104. The van der Waals surface area contributed by atoms with Gasteiger partial charge in [-0.25, -0.2) is 9.78 Å². The topological polar surface area (TPSA) is 141 Å². The van der Waals surface area contributed by atoms with Crippen molar-refractivity contribution in [3.05, 3.63) is 34.1 Å². The van der Waals surface area contributed by atoms with Crippen LogP contribution in [0.1, 0.15) is 43.7 Å². The molecule has 1 amide bonds. The van der Waals surface area contributed by atoms with Crippen molar-refractivity contribution in [2.45, 2.75) is 38.6 Å². The molecule has 0 spiro atoms. The predicted octanol–water partition coefficient (Wildman–Crippen LogP) is 2.27. The molecule has 32 heavy (non-hydrogen) atoms. The van der Waals surface area contributed by atoms with Crippen molar-refractivity contribution in [1.29, 1.82) is 0 Å². The molecule has 0 aromatic carbocycles. The summed E-state index contributed by atoms with van der Waals surface area (Å²) in [5, 5.41) is 13.6. The summed E-state index contributed by atoms with van der Waals surface area (Å²) < 4.78 is 27.7. The van der Waals surface area contributed by atoms with E-state index in [1.54, 1.807) is 6.07 Å². The first-order valence-electron chi connectivity index (χ1n) is 10.2. The number of piperidine rings is 1. The Morgan fingerprint density at radius 1 is 1.38 bits per heavy atom. The average molecular weight is 481 g/mol. The van der Waals surface area contributed by atoms with E-state index in [4.69, 9.17) is 0 Å². The molecule has 4 heterocycles. The van der Waals surface area contributed by atoms with E-state index >= 15 is 0 Å². The monoisotopic (exact) mass is 480 g/mol. The Kier molecular flexibility index (Phi) is 5.81. The molecule has 1 aliphatic heterocycles. The van der Waals surface area contributed by atoms with Gasteiger partial charge in [0.05, 0.1) is 23.4 Å². The first-order chi connectivity index (χ1) is 15.1. The number of aromatic amines is 1. The Morgan fingerprint density at radius 2 is 2.12 bits per heavy atom. The summed E-state index contributed by atoms with van der Waals surface area (Å²) in [6.07, 6.45) is 3.08. The van der Waals surface area contributed by atoms with Crippen molar-refractivity contribution >= 4 is 37.9 Å². The molecule has 1 saturated heterocycles. The number of carboxylic acid groups (broad SMARTS) is 1. The predicted molar refractivity (Wildman–Crippen MR) is 120 cm³/mol. The van der Waals surface area contributed by atoms with Gasteiger partial charge in [-0.05, 0) is 31.7 Å². The summed E-state index contributed by atoms with van der Waals surface area (Å²) in [4.78, 5) is 33.7. The summed E-state index contributed by atoms with van der Waals surface area (Å²) in [6.45, 7) is 2.23. The number of H-pyrrole nitrogens is 1. The number of hydrogen-bond acceptors (Lipinski definition) is 7. The van der Waals surface area contributed by atoms with E-state index in [0.29, 0.717) is 51.6 Å². The number of nitrogens with one attached hydrogen (secondary N) is 1. The number of likely N-dealkylation sites (tertiary alicyclic amines) is 1. The molecule has 172 valence electrons. The van der Waals surface area contributed by atoms with Gasteiger partial charge in [0.15, 0.2) is 0 Å². The number of amides is 1. The Hall–Kier alpha value is -2.77. The number of fused-ring (bicyclic) bond motifs is 1. The lowest BCUT2D eigenvalue weighted by atomic mass is 10.0. The molecule has 0 radical (unpaired) electrons. The van der Waals surface area contributed by atoms with Gasteiger partial charge in [0.2, 0.25) is 0 Å². The van der Waals surface area contributed by atoms with Crippen LogP contribution < -0.4 is 5.56 Å². The van der Waals surface area contributed by atoms with Crippen LogP contribution in [0.15, 0.2) is 17.1 Å². The van der Waals surface area contributed by atoms with E-state index in [0.717, 1.165) is 21.2 Å². The minimum Gasteiger partial charge on any atom is -0.465 e. The number of rotatable bonds is 5. The number of nitrogens with zero attached hydrogens (tertiary/aromatic N) is 5. The third kappa shape index (κ3) is 3.69. The van der Waals surface area contributed by atoms with Gasteiger partial charge >= 0.3 is 16.3 Å². The van der Waals surface area contributed by atoms with Gasteiger partial charge in [-0.15, -0.1) is 15.4 Å². The second-order valence-electron chi connectivity index (χ2n) is 7.76. The summed E-state index contributed by atoms with van der Waals surface area (Å²) in [6, 6.07) is 1.23. The highest BCUT2D eigenvalue weighted by Gasteiger charge is 2.30. The van der Waals surface area contributed by atoms with E-state index in [9.17, 15) is 23.1 Å². The van der Waals surface area contributed by atoms with Crippen LogP contribution in [0, 0.1) is 0 Å². The van der Waals surface area contributed by atoms with Crippen molar-refractivity contribution in [3.63, 3.8) is 0 Å². The molecule has 0 aliphatic carbocycles. The van der Waals surface area contributed by atoms with Gasteiger partial charge in [-0.2, -0.15) is 17.8 Å². The number of thiophene rings is 1. The molecular weight excluding hydrogens is 456 g/mol. The first kappa shape index (κ1) is 22.4. The van der Waals surface area contributed by atoms with Crippen LogP contribution in [0.3, 0.4) is 0 Å². The maximum Gasteiger partial charge on any atom is 0.407 e. The molecule has 1 aliphatic rings. The van der Waals surface area contributed by atoms with Gasteiger partial charge in [-0.3, -0.25) is 9.69 Å². The quantitative estimate of drug-likeness (QED) is 0.570. The molecule has 3 aromatic heterocycles. The lowest BCUT2D eigenvalue weighted by Crippen LogP contribution is -2.38. The largest absolute Gasteiger partial charge is 0.465 e. The fourth-order valence-corrected chi connectivity index (χ4v) is 5.94. The SMILES string of the molecule is CCc1c(-c2cc3nc([C@@H]4CCCCN4C(=O)O)[nH]c(=O)c3s2)cnn1S(=O)(=O)N(C)C. The Bertz CT molecular complexity index is 1340. The minimum atomic E-state index is -3.78. The molecule has 3 aromatic rings. The highest BCUT2D eigenvalue weighted by atomic mass is 32.2. The Balaban J connectivity index is 1.81. The minimum absolute atomic E-state index is 0.329. The molecule has 4 rings (SSSR count). The van der Waals surface area contributed by atoms with Crippen molar-refractivity contribution in [1.82, 2.24) is 28.4 Å². The fraction of sp³-hybridized carbons (Fsp3) is 0.474. The van der Waals surface area contributed by atoms with Crippen molar-refractivity contribution in [3.8, 4) is 10.4 Å². The van der Waals surface area contributed by atoms with Crippen LogP contribution >= 0.6 is 11.3 Å². The first-order valence-corrected chi connectivity index (χ1v) is 12.4. The molecular formula is C19H24N6O5S2. The van der Waals surface area contributed by atoms with E-state index in [-0.39, 0.29) is 5.56 Å². The number of hydrogen-bond donors (Lipinski definition) is 2. The maximum atomic E-state index is 12.8. The second-order valence-corrected chi connectivity index (χ2v) is 10.8. The zero-order valence-corrected chi connectivity index (χ0v) is 19.5. The molecule has 13 heteroatoms. The fourth-order valence-electron chi connectivity index (χ4n) is 3.94. The molecule has 2 N–H and O–H groups in total. The van der Waals surface area contributed by atoms with Crippen molar-refractivity contribution < 1.29 is 18.3 Å². The van der Waals surface area contributed by atoms with Crippen molar-refractivity contribution in [2.24, 2.45) is 0 Å². The van der Waals surface area contributed by atoms with Gasteiger partial charge in [0, 0.05) is 31.1 Å². The Labute approximate surface area is 188 Å². The summed E-state index contributed by atoms with van der Waals surface area (Å²) >= 11 is 1.20. The third-order valence-electron chi connectivity index (χ3n) is 5.58. The highest BCUT2D eigenvalue weighted by Crippen LogP contribution is 2.35. The van der Waals surface area contributed by atoms with Crippen LogP contribution in [-0.2, 0) is 16.6 Å².